The van der Waals surface area contributed by atoms with Gasteiger partial charge in [-0.15, -0.1) is 9.42 Å². The van der Waals surface area contributed by atoms with E-state index in [1.807, 2.05) is 0 Å². The van der Waals surface area contributed by atoms with Crippen molar-refractivity contribution in [2.24, 2.45) is 5.73 Å². The number of methoxy groups -OCH3 is 1. The van der Waals surface area contributed by atoms with Crippen LogP contribution in [-0.4, -0.2) is 63.9 Å². The molecule has 102 valence electrons. The Morgan fingerprint density at radius 2 is 2.22 bits per heavy atom. The summed E-state index contributed by atoms with van der Waals surface area (Å²) in [6.45, 7) is 1.09. The summed E-state index contributed by atoms with van der Waals surface area (Å²) in [4.78, 5) is 8.85. The predicted molar refractivity (Wildman–Crippen MR) is 64.4 cm³/mol. The minimum Gasteiger partial charge on any atom is -0.382 e. The molecule has 0 amide bonds. The molecule has 0 saturated carbocycles. The standard InChI is InChI=1S/C9H17BNO6P/c1-14-5-6-7(17-18(12)13)8(9(10)16-6)15-4-2-3-11/h6-9H,2-5,11H2,1H3/p+1/t6-,7+,8?,9-/m1/s1. The largest absolute Gasteiger partial charge is 0.695 e. The van der Waals surface area contributed by atoms with Gasteiger partial charge in [0, 0.05) is 24.3 Å². The van der Waals surface area contributed by atoms with Crippen LogP contribution in [0, 0.1) is 0 Å². The van der Waals surface area contributed by atoms with Crippen LogP contribution in [0.25, 0.3) is 0 Å². The average molecular weight is 278 g/mol. The molecular formula is C9H18BNO6P+. The lowest BCUT2D eigenvalue weighted by atomic mass is 9.93. The Morgan fingerprint density at radius 3 is 2.78 bits per heavy atom. The summed E-state index contributed by atoms with van der Waals surface area (Å²) in [5.74, 6) is 0. The van der Waals surface area contributed by atoms with Crippen LogP contribution in [0.15, 0.2) is 0 Å². The molecule has 18 heavy (non-hydrogen) atoms. The van der Waals surface area contributed by atoms with E-state index in [0.29, 0.717) is 19.6 Å². The van der Waals surface area contributed by atoms with Crippen molar-refractivity contribution in [3.05, 3.63) is 0 Å². The van der Waals surface area contributed by atoms with Crippen LogP contribution in [-0.2, 0) is 23.3 Å². The van der Waals surface area contributed by atoms with Crippen LogP contribution in [0.1, 0.15) is 6.42 Å². The molecule has 2 unspecified atom stereocenters. The summed E-state index contributed by atoms with van der Waals surface area (Å²) < 4.78 is 31.5. The molecule has 0 aromatic carbocycles. The molecular weight excluding hydrogens is 260 g/mol. The van der Waals surface area contributed by atoms with Gasteiger partial charge in [-0.1, -0.05) is 0 Å². The van der Waals surface area contributed by atoms with E-state index in [4.69, 9.17) is 37.2 Å². The van der Waals surface area contributed by atoms with E-state index in [1.54, 1.807) is 0 Å². The van der Waals surface area contributed by atoms with Crippen molar-refractivity contribution in [1.82, 2.24) is 0 Å². The van der Waals surface area contributed by atoms with Crippen molar-refractivity contribution >= 4 is 16.1 Å². The second-order valence-corrected chi connectivity index (χ2v) is 4.57. The molecule has 7 nitrogen and oxygen atoms in total. The van der Waals surface area contributed by atoms with Crippen LogP contribution in [0.4, 0.5) is 0 Å². The van der Waals surface area contributed by atoms with Crippen LogP contribution in [0.3, 0.4) is 0 Å². The summed E-state index contributed by atoms with van der Waals surface area (Å²) in [6, 6.07) is -0.720. The van der Waals surface area contributed by atoms with Gasteiger partial charge in [-0.2, -0.15) is 0 Å². The number of nitrogens with two attached hydrogens (primary N) is 1. The minimum absolute atomic E-state index is 0.207. The Kier molecular flexibility index (Phi) is 7.25. The van der Waals surface area contributed by atoms with Gasteiger partial charge in [0.15, 0.2) is 6.10 Å². The molecule has 1 heterocycles. The fourth-order valence-electron chi connectivity index (χ4n) is 1.78. The van der Waals surface area contributed by atoms with Gasteiger partial charge in [-0.25, -0.2) is 0 Å². The fraction of sp³-hybridized carbons (Fsp3) is 1.00. The van der Waals surface area contributed by atoms with Crippen molar-refractivity contribution in [3.63, 3.8) is 0 Å². The summed E-state index contributed by atoms with van der Waals surface area (Å²) in [5, 5.41) is 0. The van der Waals surface area contributed by atoms with E-state index in [1.165, 1.54) is 7.11 Å². The monoisotopic (exact) mass is 278 g/mol. The van der Waals surface area contributed by atoms with Crippen LogP contribution in [0.5, 0.6) is 0 Å². The molecule has 1 aliphatic heterocycles. The minimum atomic E-state index is -2.76. The quantitative estimate of drug-likeness (QED) is 0.344. The zero-order valence-electron chi connectivity index (χ0n) is 10.2. The second kappa shape index (κ2) is 8.17. The van der Waals surface area contributed by atoms with E-state index in [-0.39, 0.29) is 6.61 Å². The molecule has 1 saturated heterocycles. The number of hydrogen-bond acceptors (Lipinski definition) is 6. The fourth-order valence-corrected chi connectivity index (χ4v) is 2.24. The third-order valence-corrected chi connectivity index (χ3v) is 2.97. The first-order valence-electron chi connectivity index (χ1n) is 5.64. The van der Waals surface area contributed by atoms with Gasteiger partial charge in [-0.05, 0) is 13.0 Å². The summed E-state index contributed by atoms with van der Waals surface area (Å²) >= 11 is 0. The van der Waals surface area contributed by atoms with Gasteiger partial charge in [0.1, 0.15) is 20.1 Å². The normalized spacial score (nSPS) is 32.7. The van der Waals surface area contributed by atoms with Crippen molar-refractivity contribution in [1.29, 1.82) is 0 Å². The van der Waals surface area contributed by atoms with Crippen molar-refractivity contribution in [2.45, 2.75) is 30.7 Å². The van der Waals surface area contributed by atoms with Crippen LogP contribution >= 0.6 is 8.25 Å². The first kappa shape index (κ1) is 16.0. The van der Waals surface area contributed by atoms with E-state index in [0.717, 1.165) is 0 Å². The molecule has 1 rings (SSSR count). The maximum Gasteiger partial charge on any atom is 0.695 e. The first-order valence-corrected chi connectivity index (χ1v) is 6.77. The Hall–Kier alpha value is -0.0751. The SMILES string of the molecule is [B][C@@H]1O[C@H](COC)[C@H](O[P+](=O)O)C1OCCCN. The van der Waals surface area contributed by atoms with Crippen molar-refractivity contribution < 1.29 is 28.2 Å². The highest BCUT2D eigenvalue weighted by atomic mass is 31.1. The lowest BCUT2D eigenvalue weighted by Crippen LogP contribution is -2.38. The number of rotatable bonds is 8. The maximum absolute atomic E-state index is 10.8. The van der Waals surface area contributed by atoms with Gasteiger partial charge in [0.2, 0.25) is 0 Å². The van der Waals surface area contributed by atoms with E-state index in [9.17, 15) is 4.57 Å². The van der Waals surface area contributed by atoms with Gasteiger partial charge < -0.3 is 19.9 Å². The lowest BCUT2D eigenvalue weighted by molar-refractivity contribution is -0.0218. The summed E-state index contributed by atoms with van der Waals surface area (Å²) in [7, 11) is 4.49. The van der Waals surface area contributed by atoms with Gasteiger partial charge in [0.05, 0.1) is 6.61 Å². The predicted octanol–water partition coefficient (Wildman–Crippen LogP) is -0.705. The molecule has 0 aromatic heterocycles. The lowest BCUT2D eigenvalue weighted by Gasteiger charge is -2.18. The first-order chi connectivity index (χ1) is 8.60. The Morgan fingerprint density at radius 1 is 1.50 bits per heavy atom. The summed E-state index contributed by atoms with van der Waals surface area (Å²) in [6.07, 6.45) is -1.20. The number of hydrogen-bond donors (Lipinski definition) is 2. The van der Waals surface area contributed by atoms with Gasteiger partial charge in [-0.3, -0.25) is 0 Å². The highest BCUT2D eigenvalue weighted by Crippen LogP contribution is 2.31. The molecule has 0 bridgehead atoms. The van der Waals surface area contributed by atoms with Gasteiger partial charge in [0.25, 0.3) is 0 Å². The molecule has 1 aliphatic rings. The second-order valence-electron chi connectivity index (χ2n) is 3.88. The zero-order valence-corrected chi connectivity index (χ0v) is 11.1. The molecule has 1 fully saturated rings. The third-order valence-electron chi connectivity index (χ3n) is 2.55. The van der Waals surface area contributed by atoms with Crippen molar-refractivity contribution in [3.8, 4) is 0 Å². The average Bonchev–Trinajstić information content (AvgIpc) is 2.57. The van der Waals surface area contributed by atoms with E-state index in [2.05, 4.69) is 0 Å². The number of ether oxygens (including phenoxy) is 3. The molecule has 3 N–H and O–H groups in total. The molecule has 2 radical (unpaired) electrons. The topological polar surface area (TPSA) is 100 Å². The van der Waals surface area contributed by atoms with E-state index >= 15 is 0 Å². The van der Waals surface area contributed by atoms with E-state index < -0.39 is 32.6 Å². The molecule has 0 aromatic rings. The molecule has 9 heteroatoms. The Balaban J connectivity index is 2.61. The highest BCUT2D eigenvalue weighted by molar-refractivity contribution is 7.32. The highest BCUT2D eigenvalue weighted by Gasteiger charge is 2.48. The maximum atomic E-state index is 10.8. The summed E-state index contributed by atoms with van der Waals surface area (Å²) in [5.41, 5.74) is 5.36. The zero-order chi connectivity index (χ0) is 13.5. The van der Waals surface area contributed by atoms with Gasteiger partial charge >= 0.3 is 8.25 Å². The Bertz CT molecular complexity index is 271. The Labute approximate surface area is 108 Å². The van der Waals surface area contributed by atoms with Crippen LogP contribution in [0.2, 0.25) is 0 Å². The smallest absolute Gasteiger partial charge is 0.382 e. The van der Waals surface area contributed by atoms with Crippen LogP contribution < -0.4 is 5.73 Å². The third kappa shape index (κ3) is 4.55. The van der Waals surface area contributed by atoms with Crippen molar-refractivity contribution in [2.75, 3.05) is 26.9 Å². The molecule has 5 atom stereocenters. The molecule has 0 spiro atoms. The molecule has 0 aliphatic carbocycles.